The number of benzene rings is 1. The highest BCUT2D eigenvalue weighted by Crippen LogP contribution is 2.15. The smallest absolute Gasteiger partial charge is 0.445 e. The third kappa shape index (κ3) is 3.86. The van der Waals surface area contributed by atoms with E-state index >= 15 is 0 Å². The second kappa shape index (κ2) is 5.79. The van der Waals surface area contributed by atoms with Crippen molar-refractivity contribution in [3.63, 3.8) is 0 Å². The maximum absolute atomic E-state index is 12.8. The van der Waals surface area contributed by atoms with Crippen molar-refractivity contribution in [2.75, 3.05) is 26.2 Å². The first-order valence-electron chi connectivity index (χ1n) is 5.87. The van der Waals surface area contributed by atoms with E-state index in [1.165, 1.54) is 12.1 Å². The van der Waals surface area contributed by atoms with Crippen molar-refractivity contribution in [2.45, 2.75) is 6.54 Å². The van der Waals surface area contributed by atoms with Crippen LogP contribution in [0, 0.1) is 3.57 Å². The zero-order chi connectivity index (χ0) is 13.2. The van der Waals surface area contributed by atoms with Crippen molar-refractivity contribution in [3.8, 4) is 0 Å². The maximum atomic E-state index is 12.8. The minimum absolute atomic E-state index is 0.493. The number of rotatable bonds is 3. The van der Waals surface area contributed by atoms with Crippen LogP contribution in [0.3, 0.4) is 0 Å². The summed E-state index contributed by atoms with van der Waals surface area (Å²) in [6, 6.07) is 4.32. The molecule has 0 unspecified atom stereocenters. The number of hydrogen-bond acceptors (Lipinski definition) is 2. The number of hydrogen-bond donors (Lipinski definition) is 1. The summed E-state index contributed by atoms with van der Waals surface area (Å²) in [6.07, 6.45) is 0. The largest absolute Gasteiger partial charge is 0.509 e. The Kier molecular flexibility index (Phi) is 4.55. The first kappa shape index (κ1) is 14.1. The molecule has 1 aromatic carbocycles. The molecular weight excluding hydrogens is 355 g/mol. The number of nitrogens with one attached hydrogen (secondary N) is 1. The minimum Gasteiger partial charge on any atom is -0.445 e. The molecule has 1 heterocycles. The van der Waals surface area contributed by atoms with Gasteiger partial charge < -0.3 is 18.3 Å². The molecule has 1 N–H and O–H groups in total. The molecule has 0 aromatic heterocycles. The number of nitrogens with zero attached hydrogens (tertiary/aromatic N) is 1. The molecule has 0 saturated carbocycles. The standard InChI is InChI=1S/C11H14BF3IN2/c13-12(14,15)10-5-9(6-11(16)7-10)8-18-3-1-17-2-4-18/h5-7,17H,1-4,8H2/q-1. The van der Waals surface area contributed by atoms with Crippen molar-refractivity contribution >= 4 is 35.0 Å². The first-order chi connectivity index (χ1) is 8.45. The van der Waals surface area contributed by atoms with Crippen molar-refractivity contribution in [1.29, 1.82) is 0 Å². The van der Waals surface area contributed by atoms with E-state index in [-0.39, 0.29) is 0 Å². The van der Waals surface area contributed by atoms with Crippen LogP contribution in [0.1, 0.15) is 5.56 Å². The van der Waals surface area contributed by atoms with Gasteiger partial charge in [-0.3, -0.25) is 4.90 Å². The van der Waals surface area contributed by atoms with E-state index in [0.717, 1.165) is 31.7 Å². The summed E-state index contributed by atoms with van der Waals surface area (Å²) in [7, 11) is 0. The van der Waals surface area contributed by atoms with Crippen LogP contribution < -0.4 is 10.8 Å². The highest BCUT2D eigenvalue weighted by atomic mass is 127. The summed E-state index contributed by atoms with van der Waals surface area (Å²) >= 11 is 1.94. The zero-order valence-corrected chi connectivity index (χ0v) is 12.0. The van der Waals surface area contributed by atoms with Gasteiger partial charge in [-0.2, -0.15) is 0 Å². The van der Waals surface area contributed by atoms with Gasteiger partial charge >= 0.3 is 6.98 Å². The normalized spacial score (nSPS) is 18.0. The third-order valence-electron chi connectivity index (χ3n) is 2.97. The molecule has 1 aromatic rings. The van der Waals surface area contributed by atoms with E-state index in [1.54, 1.807) is 0 Å². The summed E-state index contributed by atoms with van der Waals surface area (Å²) < 4.78 is 38.9. The predicted octanol–water partition coefficient (Wildman–Crippen LogP) is 1.75. The van der Waals surface area contributed by atoms with Gasteiger partial charge in [0, 0.05) is 36.3 Å². The van der Waals surface area contributed by atoms with Crippen LogP contribution in [0.15, 0.2) is 18.2 Å². The fourth-order valence-corrected chi connectivity index (χ4v) is 2.84. The molecule has 1 saturated heterocycles. The van der Waals surface area contributed by atoms with E-state index in [0.29, 0.717) is 10.1 Å². The van der Waals surface area contributed by atoms with E-state index in [4.69, 9.17) is 0 Å². The van der Waals surface area contributed by atoms with Crippen LogP contribution in [0.25, 0.3) is 0 Å². The molecule has 0 radical (unpaired) electrons. The average molecular weight is 369 g/mol. The fourth-order valence-electron chi connectivity index (χ4n) is 2.08. The molecule has 0 amide bonds. The van der Waals surface area contributed by atoms with Gasteiger partial charge in [-0.05, 0) is 34.2 Å². The zero-order valence-electron chi connectivity index (χ0n) is 9.80. The molecule has 1 aliphatic rings. The monoisotopic (exact) mass is 369 g/mol. The molecule has 1 fully saturated rings. The van der Waals surface area contributed by atoms with Crippen LogP contribution in [0.4, 0.5) is 12.9 Å². The molecule has 1 aliphatic heterocycles. The molecule has 0 bridgehead atoms. The van der Waals surface area contributed by atoms with Crippen LogP contribution in [0.2, 0.25) is 0 Å². The summed E-state index contributed by atoms with van der Waals surface area (Å²) in [4.78, 5) is 2.18. The second-order valence-electron chi connectivity index (χ2n) is 4.49. The molecule has 0 aliphatic carbocycles. The van der Waals surface area contributed by atoms with Crippen LogP contribution >= 0.6 is 22.6 Å². The van der Waals surface area contributed by atoms with E-state index < -0.39 is 12.4 Å². The highest BCUT2D eigenvalue weighted by Gasteiger charge is 2.26. The average Bonchev–Trinajstić information content (AvgIpc) is 2.28. The first-order valence-corrected chi connectivity index (χ1v) is 6.95. The van der Waals surface area contributed by atoms with Crippen LogP contribution in [-0.2, 0) is 6.54 Å². The van der Waals surface area contributed by atoms with Crippen molar-refractivity contribution in [2.24, 2.45) is 0 Å². The Morgan fingerprint density at radius 2 is 1.83 bits per heavy atom. The molecule has 2 rings (SSSR count). The van der Waals surface area contributed by atoms with Crippen LogP contribution in [0.5, 0.6) is 0 Å². The van der Waals surface area contributed by atoms with Gasteiger partial charge in [-0.1, -0.05) is 12.1 Å². The maximum Gasteiger partial charge on any atom is 0.509 e. The molecule has 2 nitrogen and oxygen atoms in total. The lowest BCUT2D eigenvalue weighted by atomic mass is 9.79. The fraction of sp³-hybridized carbons (Fsp3) is 0.455. The predicted molar refractivity (Wildman–Crippen MR) is 76.0 cm³/mol. The second-order valence-corrected chi connectivity index (χ2v) is 5.74. The van der Waals surface area contributed by atoms with Gasteiger partial charge in [0.05, 0.1) is 0 Å². The van der Waals surface area contributed by atoms with Crippen LogP contribution in [-0.4, -0.2) is 38.1 Å². The lowest BCUT2D eigenvalue weighted by molar-refractivity contribution is 0.233. The Morgan fingerprint density at radius 3 is 2.44 bits per heavy atom. The Balaban J connectivity index is 2.14. The third-order valence-corrected chi connectivity index (χ3v) is 3.60. The van der Waals surface area contributed by atoms with Gasteiger partial charge in [-0.15, -0.1) is 5.46 Å². The molecular formula is C11H14BF3IN2-. The molecule has 18 heavy (non-hydrogen) atoms. The topological polar surface area (TPSA) is 15.3 Å². The van der Waals surface area contributed by atoms with E-state index in [2.05, 4.69) is 10.2 Å². The Morgan fingerprint density at radius 1 is 1.17 bits per heavy atom. The Bertz CT molecular complexity index is 419. The van der Waals surface area contributed by atoms with Crippen molar-refractivity contribution in [1.82, 2.24) is 10.2 Å². The lowest BCUT2D eigenvalue weighted by Crippen LogP contribution is -2.43. The molecule has 0 atom stereocenters. The van der Waals surface area contributed by atoms with Gasteiger partial charge in [0.1, 0.15) is 0 Å². The van der Waals surface area contributed by atoms with Crippen molar-refractivity contribution < 1.29 is 12.9 Å². The minimum atomic E-state index is -4.91. The molecule has 7 heteroatoms. The van der Waals surface area contributed by atoms with Gasteiger partial charge in [0.2, 0.25) is 0 Å². The lowest BCUT2D eigenvalue weighted by Gasteiger charge is -2.28. The highest BCUT2D eigenvalue weighted by molar-refractivity contribution is 14.1. The number of halogens is 4. The SMILES string of the molecule is F[B-](F)(F)c1cc(I)cc(CN2CCNCC2)c1. The van der Waals surface area contributed by atoms with Gasteiger partial charge in [-0.25, -0.2) is 0 Å². The van der Waals surface area contributed by atoms with Gasteiger partial charge in [0.15, 0.2) is 0 Å². The quantitative estimate of drug-likeness (QED) is 0.646. The Labute approximate surface area is 118 Å². The van der Waals surface area contributed by atoms with Gasteiger partial charge in [0.25, 0.3) is 0 Å². The summed E-state index contributed by atoms with van der Waals surface area (Å²) in [5, 5.41) is 3.23. The molecule has 0 spiro atoms. The summed E-state index contributed by atoms with van der Waals surface area (Å²) in [5.41, 5.74) is 0.255. The van der Waals surface area contributed by atoms with E-state index in [9.17, 15) is 12.9 Å². The Hall–Kier alpha value is -0.275. The molecule has 100 valence electrons. The van der Waals surface area contributed by atoms with E-state index in [1.807, 2.05) is 28.7 Å². The number of piperazine rings is 1. The van der Waals surface area contributed by atoms with Crippen molar-refractivity contribution in [3.05, 3.63) is 27.3 Å². The summed E-state index contributed by atoms with van der Waals surface area (Å²) in [5.74, 6) is 0. The summed E-state index contributed by atoms with van der Waals surface area (Å²) in [6.45, 7) is -0.735.